The third-order valence-electron chi connectivity index (χ3n) is 5.20. The molecule has 0 aliphatic carbocycles. The largest absolute Gasteiger partial charge is 0.419 e. The molecule has 0 saturated carbocycles. The van der Waals surface area contributed by atoms with Gasteiger partial charge in [0.05, 0.1) is 34.8 Å². The summed E-state index contributed by atoms with van der Waals surface area (Å²) >= 11 is 0. The first-order valence-corrected chi connectivity index (χ1v) is 12.6. The zero-order valence-electron chi connectivity index (χ0n) is 19.9. The molecule has 1 heterocycles. The topological polar surface area (TPSA) is 138 Å². The molecule has 0 fully saturated rings. The van der Waals surface area contributed by atoms with Crippen LogP contribution in [-0.2, 0) is 25.9 Å². The van der Waals surface area contributed by atoms with Crippen LogP contribution in [-0.4, -0.2) is 55.7 Å². The van der Waals surface area contributed by atoms with E-state index in [1.807, 2.05) is 12.1 Å². The minimum Gasteiger partial charge on any atom is -0.419 e. The lowest BCUT2D eigenvalue weighted by Crippen LogP contribution is -2.18. The van der Waals surface area contributed by atoms with Gasteiger partial charge in [-0.15, -0.1) is 0 Å². The summed E-state index contributed by atoms with van der Waals surface area (Å²) in [5.41, 5.74) is 2.85. The van der Waals surface area contributed by atoms with Gasteiger partial charge in [0, 0.05) is 31.3 Å². The van der Waals surface area contributed by atoms with E-state index in [-0.39, 0.29) is 22.4 Å². The van der Waals surface area contributed by atoms with E-state index in [2.05, 4.69) is 15.3 Å². The van der Waals surface area contributed by atoms with Crippen LogP contribution in [0.1, 0.15) is 30.7 Å². The van der Waals surface area contributed by atoms with Gasteiger partial charge >= 0.3 is 0 Å². The molecule has 3 aromatic rings. The quantitative estimate of drug-likeness (QED) is 0.222. The number of nitrogens with one attached hydrogen (secondary N) is 3. The van der Waals surface area contributed by atoms with Gasteiger partial charge in [0.2, 0.25) is 11.8 Å². The molecule has 9 nitrogen and oxygen atoms in total. The SMILES string of the molecule is COCCNCc1ccc(C(=N)OC(=N)c2cncc(-c3ccc(S(=O)(=O)C(C)C)cc3)n2)cc1. The number of hydrogen-bond donors (Lipinski definition) is 3. The van der Waals surface area contributed by atoms with Gasteiger partial charge in [0.1, 0.15) is 5.69 Å². The molecule has 0 atom stereocenters. The van der Waals surface area contributed by atoms with Crippen molar-refractivity contribution in [1.29, 1.82) is 10.8 Å². The fourth-order valence-electron chi connectivity index (χ4n) is 3.10. The normalized spacial score (nSPS) is 11.4. The van der Waals surface area contributed by atoms with Gasteiger partial charge in [-0.05, 0) is 43.7 Å². The molecule has 0 unspecified atom stereocenters. The molecule has 2 aromatic carbocycles. The highest BCUT2D eigenvalue weighted by molar-refractivity contribution is 7.92. The number of methoxy groups -OCH3 is 1. The van der Waals surface area contributed by atoms with Gasteiger partial charge in [0.15, 0.2) is 9.84 Å². The van der Waals surface area contributed by atoms with Crippen LogP contribution in [0.15, 0.2) is 65.8 Å². The second-order valence-corrected chi connectivity index (χ2v) is 10.5. The molecule has 1 aromatic heterocycles. The summed E-state index contributed by atoms with van der Waals surface area (Å²) in [4.78, 5) is 8.77. The van der Waals surface area contributed by atoms with Crippen molar-refractivity contribution in [2.45, 2.75) is 30.5 Å². The Morgan fingerprint density at radius 3 is 2.31 bits per heavy atom. The predicted molar refractivity (Wildman–Crippen MR) is 135 cm³/mol. The average Bonchev–Trinajstić information content (AvgIpc) is 2.87. The van der Waals surface area contributed by atoms with Crippen molar-refractivity contribution in [2.75, 3.05) is 20.3 Å². The third kappa shape index (κ3) is 6.78. The van der Waals surface area contributed by atoms with Gasteiger partial charge in [-0.2, -0.15) is 0 Å². The van der Waals surface area contributed by atoms with Crippen LogP contribution in [0.2, 0.25) is 0 Å². The van der Waals surface area contributed by atoms with Crippen molar-refractivity contribution < 1.29 is 17.9 Å². The minimum absolute atomic E-state index is 0.157. The maximum Gasteiger partial charge on any atom is 0.241 e. The van der Waals surface area contributed by atoms with Crippen molar-refractivity contribution in [3.05, 3.63) is 77.7 Å². The fraction of sp³-hybridized carbons (Fsp3) is 0.280. The van der Waals surface area contributed by atoms with E-state index in [0.717, 1.165) is 12.1 Å². The molecule has 184 valence electrons. The minimum atomic E-state index is -3.37. The third-order valence-corrected chi connectivity index (χ3v) is 7.37. The van der Waals surface area contributed by atoms with Crippen molar-refractivity contribution >= 4 is 21.6 Å². The van der Waals surface area contributed by atoms with E-state index in [1.165, 1.54) is 24.5 Å². The smallest absolute Gasteiger partial charge is 0.241 e. The van der Waals surface area contributed by atoms with Crippen LogP contribution in [0.3, 0.4) is 0 Å². The van der Waals surface area contributed by atoms with Crippen LogP contribution in [0.4, 0.5) is 0 Å². The number of hydrogen-bond acceptors (Lipinski definition) is 9. The number of aromatic nitrogens is 2. The van der Waals surface area contributed by atoms with Crippen molar-refractivity contribution in [3.8, 4) is 11.3 Å². The van der Waals surface area contributed by atoms with Crippen molar-refractivity contribution in [3.63, 3.8) is 0 Å². The molecule has 0 aliphatic heterocycles. The predicted octanol–water partition coefficient (Wildman–Crippen LogP) is 3.43. The number of nitrogens with zero attached hydrogens (tertiary/aromatic N) is 2. The molecular formula is C25H29N5O4S. The van der Waals surface area contributed by atoms with Gasteiger partial charge in [-0.1, -0.05) is 24.3 Å². The Morgan fingerprint density at radius 1 is 1.00 bits per heavy atom. The maximum atomic E-state index is 12.3. The highest BCUT2D eigenvalue weighted by Crippen LogP contribution is 2.22. The van der Waals surface area contributed by atoms with Crippen LogP contribution >= 0.6 is 0 Å². The van der Waals surface area contributed by atoms with E-state index in [9.17, 15) is 8.42 Å². The molecule has 0 amide bonds. The van der Waals surface area contributed by atoms with Crippen LogP contribution in [0, 0.1) is 10.8 Å². The van der Waals surface area contributed by atoms with Crippen LogP contribution in [0.5, 0.6) is 0 Å². The Labute approximate surface area is 205 Å². The lowest BCUT2D eigenvalue weighted by atomic mass is 10.1. The summed E-state index contributed by atoms with van der Waals surface area (Å²) in [5, 5.41) is 19.2. The molecule has 0 aliphatic rings. The number of ether oxygens (including phenoxy) is 2. The molecule has 0 bridgehead atoms. The number of benzene rings is 2. The Bertz CT molecular complexity index is 1270. The fourth-order valence-corrected chi connectivity index (χ4v) is 4.16. The molecule has 10 heteroatoms. The Balaban J connectivity index is 1.66. The second-order valence-electron chi connectivity index (χ2n) is 8.03. The van der Waals surface area contributed by atoms with Crippen molar-refractivity contribution in [2.24, 2.45) is 0 Å². The second kappa shape index (κ2) is 11.8. The zero-order chi connectivity index (χ0) is 25.4. The Kier molecular flexibility index (Phi) is 8.80. The van der Waals surface area contributed by atoms with E-state index in [1.54, 1.807) is 45.2 Å². The standard InChI is InChI=1S/C25H29N5O4S/c1-17(2)35(31,32)21-10-8-19(9-11-21)22-15-29-16-23(30-22)25(27)34-24(26)20-6-4-18(5-7-20)14-28-12-13-33-3/h4-11,15-17,26-28H,12-14H2,1-3H3. The molecule has 35 heavy (non-hydrogen) atoms. The van der Waals surface area contributed by atoms with E-state index < -0.39 is 15.1 Å². The first kappa shape index (κ1) is 26.1. The first-order chi connectivity index (χ1) is 16.7. The van der Waals surface area contributed by atoms with Gasteiger partial charge in [-0.3, -0.25) is 15.8 Å². The summed E-state index contributed by atoms with van der Waals surface area (Å²) in [6.07, 6.45) is 2.90. The summed E-state index contributed by atoms with van der Waals surface area (Å²) < 4.78 is 35.1. The van der Waals surface area contributed by atoms with Crippen LogP contribution in [0.25, 0.3) is 11.3 Å². The van der Waals surface area contributed by atoms with E-state index >= 15 is 0 Å². The average molecular weight is 496 g/mol. The molecule has 3 N–H and O–H groups in total. The summed E-state index contributed by atoms with van der Waals surface area (Å²) in [6.45, 7) is 5.33. The molecule has 0 spiro atoms. The molecule has 0 saturated heterocycles. The Morgan fingerprint density at radius 2 is 1.69 bits per heavy atom. The highest BCUT2D eigenvalue weighted by atomic mass is 32.2. The first-order valence-electron chi connectivity index (χ1n) is 11.0. The summed E-state index contributed by atoms with van der Waals surface area (Å²) in [7, 11) is -1.72. The molecule has 3 rings (SSSR count). The monoisotopic (exact) mass is 495 g/mol. The Hall–Kier alpha value is -3.47. The number of rotatable bonds is 10. The van der Waals surface area contributed by atoms with Gasteiger partial charge in [-0.25, -0.2) is 13.4 Å². The highest BCUT2D eigenvalue weighted by Gasteiger charge is 2.19. The van der Waals surface area contributed by atoms with E-state index in [4.69, 9.17) is 20.3 Å². The molecule has 0 radical (unpaired) electrons. The van der Waals surface area contributed by atoms with E-state index in [0.29, 0.717) is 30.0 Å². The zero-order valence-corrected chi connectivity index (χ0v) is 20.7. The number of sulfone groups is 1. The van der Waals surface area contributed by atoms with Gasteiger partial charge in [0.25, 0.3) is 0 Å². The lowest BCUT2D eigenvalue weighted by molar-refractivity contribution is 0.199. The summed E-state index contributed by atoms with van der Waals surface area (Å²) in [5.74, 6) is -0.488. The van der Waals surface area contributed by atoms with Crippen molar-refractivity contribution in [1.82, 2.24) is 15.3 Å². The maximum absolute atomic E-state index is 12.3. The lowest BCUT2D eigenvalue weighted by Gasteiger charge is -2.10. The van der Waals surface area contributed by atoms with Gasteiger partial charge < -0.3 is 14.8 Å². The van der Waals surface area contributed by atoms with Crippen LogP contribution < -0.4 is 5.32 Å². The molecular weight excluding hydrogens is 466 g/mol. The summed E-state index contributed by atoms with van der Waals surface area (Å²) in [6, 6.07) is 13.7.